The topological polar surface area (TPSA) is 45.1 Å². The van der Waals surface area contributed by atoms with E-state index in [9.17, 15) is 9.59 Å². The predicted octanol–water partition coefficient (Wildman–Crippen LogP) is 1.83. The quantitative estimate of drug-likeness (QED) is 0.760. The Bertz CT molecular complexity index is 734. The third-order valence-corrected chi connectivity index (χ3v) is 8.07. The van der Waals surface area contributed by atoms with Crippen molar-refractivity contribution in [3.63, 3.8) is 0 Å². The maximum atomic E-state index is 12.9. The van der Waals surface area contributed by atoms with E-state index in [4.69, 9.17) is 11.6 Å². The molecule has 4 rings (SSSR count). The number of carbonyl (C=O) groups excluding carboxylic acids is 2. The Labute approximate surface area is 176 Å². The standard InChI is InChI=1S/C21H28ClN3O2S/c1-2-18-20(27)25(21(28-18)16-5-3-4-6-17(16)22)14-11-23-9-12-24(13-10-23)19(26)15-7-8-15/h3-6,15,18,21H,2,7-14H2,1H3/p+1/t18-,21+/m1/s1. The summed E-state index contributed by atoms with van der Waals surface area (Å²) in [5, 5.41) is 0.752. The van der Waals surface area contributed by atoms with Gasteiger partial charge in [0.15, 0.2) is 0 Å². The van der Waals surface area contributed by atoms with E-state index in [1.807, 2.05) is 34.1 Å². The Hall–Kier alpha value is -1.24. The van der Waals surface area contributed by atoms with Crippen LogP contribution in [-0.4, -0.2) is 66.1 Å². The van der Waals surface area contributed by atoms with Crippen LogP contribution < -0.4 is 4.90 Å². The second kappa shape index (κ2) is 8.64. The molecule has 0 aromatic heterocycles. The van der Waals surface area contributed by atoms with Gasteiger partial charge in [0.05, 0.1) is 44.5 Å². The molecule has 2 amide bonds. The molecular formula is C21H29ClN3O2S+. The third-order valence-electron chi connectivity index (χ3n) is 6.09. The molecule has 1 aliphatic carbocycles. The largest absolute Gasteiger partial charge is 0.331 e. The lowest BCUT2D eigenvalue weighted by Crippen LogP contribution is -3.15. The molecule has 2 saturated heterocycles. The molecule has 7 heteroatoms. The normalized spacial score (nSPS) is 26.1. The Morgan fingerprint density at radius 3 is 2.61 bits per heavy atom. The van der Waals surface area contributed by atoms with Crippen molar-refractivity contribution in [1.82, 2.24) is 9.80 Å². The fourth-order valence-electron chi connectivity index (χ4n) is 4.16. The molecule has 1 aromatic rings. The summed E-state index contributed by atoms with van der Waals surface area (Å²) in [5.74, 6) is 0.900. The van der Waals surface area contributed by atoms with Crippen molar-refractivity contribution in [2.24, 2.45) is 5.92 Å². The second-order valence-electron chi connectivity index (χ2n) is 8.04. The lowest BCUT2D eigenvalue weighted by molar-refractivity contribution is -0.903. The first kappa shape index (κ1) is 20.0. The second-order valence-corrected chi connectivity index (χ2v) is 9.73. The Balaban J connectivity index is 1.36. The van der Waals surface area contributed by atoms with Gasteiger partial charge in [0.25, 0.3) is 0 Å². The van der Waals surface area contributed by atoms with Crippen LogP contribution in [-0.2, 0) is 9.59 Å². The summed E-state index contributed by atoms with van der Waals surface area (Å²) in [5.41, 5.74) is 1.04. The van der Waals surface area contributed by atoms with E-state index < -0.39 is 0 Å². The maximum Gasteiger partial charge on any atom is 0.237 e. The van der Waals surface area contributed by atoms with Crippen LogP contribution in [0.4, 0.5) is 0 Å². The molecule has 0 spiro atoms. The van der Waals surface area contributed by atoms with E-state index in [1.54, 1.807) is 11.8 Å². The number of quaternary nitrogens is 1. The number of hydrogen-bond donors (Lipinski definition) is 1. The fourth-order valence-corrected chi connectivity index (χ4v) is 5.93. The van der Waals surface area contributed by atoms with E-state index in [1.165, 1.54) is 4.90 Å². The van der Waals surface area contributed by atoms with Gasteiger partial charge in [-0.3, -0.25) is 9.59 Å². The zero-order valence-corrected chi connectivity index (χ0v) is 18.0. The minimum absolute atomic E-state index is 0.00304. The first-order chi connectivity index (χ1) is 13.6. The molecule has 1 N–H and O–H groups in total. The van der Waals surface area contributed by atoms with E-state index in [2.05, 4.69) is 6.92 Å². The number of halogens is 1. The number of amides is 2. The summed E-state index contributed by atoms with van der Waals surface area (Å²) in [6.07, 6.45) is 2.99. The van der Waals surface area contributed by atoms with Gasteiger partial charge in [0.2, 0.25) is 11.8 Å². The summed E-state index contributed by atoms with van der Waals surface area (Å²) in [4.78, 5) is 30.7. The van der Waals surface area contributed by atoms with Gasteiger partial charge in [-0.25, -0.2) is 0 Å². The summed E-state index contributed by atoms with van der Waals surface area (Å²) < 4.78 is 0. The fraction of sp³-hybridized carbons (Fsp3) is 0.619. The van der Waals surface area contributed by atoms with Crippen LogP contribution in [0.3, 0.4) is 0 Å². The van der Waals surface area contributed by atoms with Crippen LogP contribution in [0.5, 0.6) is 0 Å². The number of nitrogens with zero attached hydrogens (tertiary/aromatic N) is 2. The third kappa shape index (κ3) is 4.19. The summed E-state index contributed by atoms with van der Waals surface area (Å²) in [6, 6.07) is 7.86. The van der Waals surface area contributed by atoms with Crippen LogP contribution in [0.15, 0.2) is 24.3 Å². The van der Waals surface area contributed by atoms with Crippen molar-refractivity contribution in [2.75, 3.05) is 39.3 Å². The number of rotatable bonds is 6. The number of piperazine rings is 1. The van der Waals surface area contributed by atoms with Crippen LogP contribution in [0.2, 0.25) is 5.02 Å². The lowest BCUT2D eigenvalue weighted by Gasteiger charge is -2.34. The minimum Gasteiger partial charge on any atom is -0.331 e. The lowest BCUT2D eigenvalue weighted by atomic mass is 10.2. The summed E-state index contributed by atoms with van der Waals surface area (Å²) >= 11 is 8.16. The van der Waals surface area contributed by atoms with E-state index in [0.29, 0.717) is 11.8 Å². The van der Waals surface area contributed by atoms with Crippen molar-refractivity contribution >= 4 is 35.2 Å². The molecule has 2 heterocycles. The molecule has 3 fully saturated rings. The van der Waals surface area contributed by atoms with Gasteiger partial charge in [-0.05, 0) is 25.3 Å². The molecular weight excluding hydrogens is 394 g/mol. The van der Waals surface area contributed by atoms with E-state index in [-0.39, 0.29) is 16.5 Å². The van der Waals surface area contributed by atoms with Gasteiger partial charge in [0.1, 0.15) is 5.37 Å². The molecule has 0 bridgehead atoms. The molecule has 5 nitrogen and oxygen atoms in total. The highest BCUT2D eigenvalue weighted by Gasteiger charge is 2.41. The number of thioether (sulfide) groups is 1. The van der Waals surface area contributed by atoms with Crippen molar-refractivity contribution in [1.29, 1.82) is 0 Å². The highest BCUT2D eigenvalue weighted by molar-refractivity contribution is 8.01. The molecule has 0 unspecified atom stereocenters. The molecule has 3 aliphatic rings. The zero-order chi connectivity index (χ0) is 19.7. The summed E-state index contributed by atoms with van der Waals surface area (Å²) in [6.45, 7) is 7.38. The first-order valence-electron chi connectivity index (χ1n) is 10.4. The molecule has 152 valence electrons. The Kier molecular flexibility index (Phi) is 6.18. The van der Waals surface area contributed by atoms with Gasteiger partial charge in [-0.1, -0.05) is 36.7 Å². The highest BCUT2D eigenvalue weighted by Crippen LogP contribution is 2.45. The van der Waals surface area contributed by atoms with Crippen LogP contribution in [0, 0.1) is 5.92 Å². The monoisotopic (exact) mass is 422 g/mol. The van der Waals surface area contributed by atoms with Crippen molar-refractivity contribution in [3.8, 4) is 0 Å². The SMILES string of the molecule is CC[C@H]1S[C@@H](c2ccccc2Cl)N(CC[NH+]2CCN(C(=O)C3CC3)CC2)C1=O. The van der Waals surface area contributed by atoms with Gasteiger partial charge in [0, 0.05) is 16.5 Å². The minimum atomic E-state index is 0.00304. The predicted molar refractivity (Wildman–Crippen MR) is 112 cm³/mol. The summed E-state index contributed by atoms with van der Waals surface area (Å²) in [7, 11) is 0. The average Bonchev–Trinajstić information content (AvgIpc) is 3.51. The van der Waals surface area contributed by atoms with Crippen molar-refractivity contribution in [2.45, 2.75) is 36.8 Å². The van der Waals surface area contributed by atoms with Crippen LogP contribution in [0.1, 0.15) is 37.1 Å². The molecule has 28 heavy (non-hydrogen) atoms. The zero-order valence-electron chi connectivity index (χ0n) is 16.4. The molecule has 1 aromatic carbocycles. The van der Waals surface area contributed by atoms with Crippen LogP contribution in [0.25, 0.3) is 0 Å². The molecule has 2 aliphatic heterocycles. The molecule has 1 saturated carbocycles. The maximum absolute atomic E-state index is 12.9. The smallest absolute Gasteiger partial charge is 0.237 e. The van der Waals surface area contributed by atoms with E-state index in [0.717, 1.165) is 69.1 Å². The van der Waals surface area contributed by atoms with Crippen LogP contribution >= 0.6 is 23.4 Å². The highest BCUT2D eigenvalue weighted by atomic mass is 35.5. The van der Waals surface area contributed by atoms with Crippen molar-refractivity contribution < 1.29 is 14.5 Å². The number of carbonyl (C=O) groups is 2. The number of nitrogens with one attached hydrogen (secondary N) is 1. The van der Waals surface area contributed by atoms with Crippen molar-refractivity contribution in [3.05, 3.63) is 34.9 Å². The Morgan fingerprint density at radius 1 is 1.25 bits per heavy atom. The first-order valence-corrected chi connectivity index (χ1v) is 11.7. The molecule has 0 radical (unpaired) electrons. The van der Waals surface area contributed by atoms with E-state index >= 15 is 0 Å². The number of benzene rings is 1. The number of hydrogen-bond acceptors (Lipinski definition) is 3. The van der Waals surface area contributed by atoms with Gasteiger partial charge in [-0.2, -0.15) is 0 Å². The Morgan fingerprint density at radius 2 is 1.96 bits per heavy atom. The van der Waals surface area contributed by atoms with Gasteiger partial charge in [-0.15, -0.1) is 11.8 Å². The molecule has 2 atom stereocenters. The van der Waals surface area contributed by atoms with Gasteiger partial charge >= 0.3 is 0 Å². The average molecular weight is 423 g/mol. The van der Waals surface area contributed by atoms with Gasteiger partial charge < -0.3 is 14.7 Å².